The van der Waals surface area contributed by atoms with Crippen molar-refractivity contribution in [2.45, 2.75) is 6.92 Å². The summed E-state index contributed by atoms with van der Waals surface area (Å²) in [7, 11) is 1.89. The van der Waals surface area contributed by atoms with Crippen LogP contribution in [0.4, 0.5) is 0 Å². The minimum Gasteiger partial charge on any atom is -0.340 e. The first-order valence-corrected chi connectivity index (χ1v) is 6.92. The number of likely N-dealkylation sites (N-methyl/N-ethyl adjacent to an activating group) is 1. The van der Waals surface area contributed by atoms with E-state index in [1.807, 2.05) is 43.1 Å². The molecule has 0 atom stereocenters. The van der Waals surface area contributed by atoms with Crippen molar-refractivity contribution in [2.24, 2.45) is 0 Å². The van der Waals surface area contributed by atoms with Crippen molar-refractivity contribution in [1.29, 1.82) is 0 Å². The maximum absolute atomic E-state index is 12.3. The highest BCUT2D eigenvalue weighted by atomic mass is 16.2. The summed E-state index contributed by atoms with van der Waals surface area (Å²) in [5, 5.41) is 3.34. The van der Waals surface area contributed by atoms with Gasteiger partial charge in [-0.25, -0.2) is 0 Å². The lowest BCUT2D eigenvalue weighted by atomic mass is 10.1. The maximum Gasteiger partial charge on any atom is 0.253 e. The fourth-order valence-electron chi connectivity index (χ4n) is 2.35. The number of nitrogens with zero attached hydrogens (tertiary/aromatic N) is 2. The van der Waals surface area contributed by atoms with Crippen LogP contribution in [0, 0.1) is 6.92 Å². The standard InChI is InChI=1S/C15H23N3O/c1-13-5-3-4-6-14(13)15(19)17(2)11-12-18-9-7-16-8-10-18/h3-6,16H,7-12H2,1-2H3. The molecule has 0 spiro atoms. The van der Waals surface area contributed by atoms with Crippen LogP contribution in [-0.4, -0.2) is 62.0 Å². The summed E-state index contributed by atoms with van der Waals surface area (Å²) in [5.41, 5.74) is 1.85. The van der Waals surface area contributed by atoms with Crippen molar-refractivity contribution in [1.82, 2.24) is 15.1 Å². The largest absolute Gasteiger partial charge is 0.340 e. The predicted molar refractivity (Wildman–Crippen MR) is 77.4 cm³/mol. The molecular formula is C15H23N3O. The van der Waals surface area contributed by atoms with Gasteiger partial charge in [0.05, 0.1) is 0 Å². The number of aryl methyl sites for hydroxylation is 1. The van der Waals surface area contributed by atoms with Gasteiger partial charge in [-0.15, -0.1) is 0 Å². The molecule has 0 aliphatic carbocycles. The summed E-state index contributed by atoms with van der Waals surface area (Å²) in [6.45, 7) is 7.98. The predicted octanol–water partition coefficient (Wildman–Crippen LogP) is 0.972. The molecule has 0 radical (unpaired) electrons. The van der Waals surface area contributed by atoms with Crippen LogP contribution >= 0.6 is 0 Å². The highest BCUT2D eigenvalue weighted by molar-refractivity contribution is 5.95. The third kappa shape index (κ3) is 3.78. The molecule has 1 fully saturated rings. The second-order valence-corrected chi connectivity index (χ2v) is 5.13. The molecule has 1 aromatic rings. The molecule has 1 amide bonds. The number of nitrogens with one attached hydrogen (secondary N) is 1. The Kier molecular flexibility index (Phi) is 4.93. The molecule has 1 N–H and O–H groups in total. The van der Waals surface area contributed by atoms with E-state index in [-0.39, 0.29) is 5.91 Å². The second-order valence-electron chi connectivity index (χ2n) is 5.13. The minimum absolute atomic E-state index is 0.119. The highest BCUT2D eigenvalue weighted by Crippen LogP contribution is 2.09. The average molecular weight is 261 g/mol. The topological polar surface area (TPSA) is 35.6 Å². The molecule has 19 heavy (non-hydrogen) atoms. The molecule has 0 unspecified atom stereocenters. The Labute approximate surface area is 115 Å². The van der Waals surface area contributed by atoms with Crippen LogP contribution in [0.1, 0.15) is 15.9 Å². The Hall–Kier alpha value is -1.39. The Morgan fingerprint density at radius 2 is 2.00 bits per heavy atom. The molecule has 2 rings (SSSR count). The van der Waals surface area contributed by atoms with E-state index in [9.17, 15) is 4.79 Å². The number of hydrogen-bond acceptors (Lipinski definition) is 3. The van der Waals surface area contributed by atoms with E-state index in [2.05, 4.69) is 10.2 Å². The quantitative estimate of drug-likeness (QED) is 0.877. The first kappa shape index (κ1) is 14.0. The van der Waals surface area contributed by atoms with E-state index in [1.165, 1.54) is 0 Å². The lowest BCUT2D eigenvalue weighted by molar-refractivity contribution is 0.0774. The number of piperazine rings is 1. The maximum atomic E-state index is 12.3. The number of benzene rings is 1. The van der Waals surface area contributed by atoms with Gasteiger partial charge in [0.2, 0.25) is 0 Å². The van der Waals surface area contributed by atoms with Crippen LogP contribution in [-0.2, 0) is 0 Å². The lowest BCUT2D eigenvalue weighted by Crippen LogP contribution is -2.46. The molecule has 1 aliphatic heterocycles. The normalized spacial score (nSPS) is 16.3. The van der Waals surface area contributed by atoms with Gasteiger partial charge in [0.15, 0.2) is 0 Å². The smallest absolute Gasteiger partial charge is 0.253 e. The van der Waals surface area contributed by atoms with Crippen LogP contribution in [0.5, 0.6) is 0 Å². The van der Waals surface area contributed by atoms with Crippen LogP contribution in [0.25, 0.3) is 0 Å². The Morgan fingerprint density at radius 3 is 2.68 bits per heavy atom. The van der Waals surface area contributed by atoms with Gasteiger partial charge in [-0.05, 0) is 18.6 Å². The van der Waals surface area contributed by atoms with Gasteiger partial charge >= 0.3 is 0 Å². The number of carbonyl (C=O) groups is 1. The van der Waals surface area contributed by atoms with Gasteiger partial charge < -0.3 is 10.2 Å². The third-order valence-corrected chi connectivity index (χ3v) is 3.68. The number of carbonyl (C=O) groups excluding carboxylic acids is 1. The van der Waals surface area contributed by atoms with Gasteiger partial charge in [0.25, 0.3) is 5.91 Å². The SMILES string of the molecule is Cc1ccccc1C(=O)N(C)CCN1CCNCC1. The molecule has 0 bridgehead atoms. The summed E-state index contributed by atoms with van der Waals surface area (Å²) in [4.78, 5) is 16.6. The second kappa shape index (κ2) is 6.68. The Bertz CT molecular complexity index is 427. The van der Waals surface area contributed by atoms with Crippen molar-refractivity contribution in [3.8, 4) is 0 Å². The number of hydrogen-bond donors (Lipinski definition) is 1. The third-order valence-electron chi connectivity index (χ3n) is 3.68. The minimum atomic E-state index is 0.119. The zero-order chi connectivity index (χ0) is 13.7. The number of amides is 1. The molecule has 1 saturated heterocycles. The van der Waals surface area contributed by atoms with Crippen LogP contribution in [0.2, 0.25) is 0 Å². The summed E-state index contributed by atoms with van der Waals surface area (Å²) in [6.07, 6.45) is 0. The molecule has 104 valence electrons. The molecule has 0 saturated carbocycles. The zero-order valence-corrected chi connectivity index (χ0v) is 11.9. The molecule has 1 heterocycles. The molecule has 0 aromatic heterocycles. The lowest BCUT2D eigenvalue weighted by Gasteiger charge is -2.29. The first-order valence-electron chi connectivity index (χ1n) is 6.92. The summed E-state index contributed by atoms with van der Waals surface area (Å²) in [5.74, 6) is 0.119. The van der Waals surface area contributed by atoms with Crippen molar-refractivity contribution in [3.05, 3.63) is 35.4 Å². The van der Waals surface area contributed by atoms with Crippen molar-refractivity contribution < 1.29 is 4.79 Å². The molecular weight excluding hydrogens is 238 g/mol. The van der Waals surface area contributed by atoms with Crippen LogP contribution in [0.15, 0.2) is 24.3 Å². The van der Waals surface area contributed by atoms with E-state index in [1.54, 1.807) is 0 Å². The van der Waals surface area contributed by atoms with Crippen molar-refractivity contribution in [3.63, 3.8) is 0 Å². The monoisotopic (exact) mass is 261 g/mol. The van der Waals surface area contributed by atoms with E-state index < -0.39 is 0 Å². The highest BCUT2D eigenvalue weighted by Gasteiger charge is 2.15. The molecule has 4 heteroatoms. The molecule has 4 nitrogen and oxygen atoms in total. The Balaban J connectivity index is 1.87. The van der Waals surface area contributed by atoms with E-state index >= 15 is 0 Å². The van der Waals surface area contributed by atoms with Gasteiger partial charge in [0, 0.05) is 51.9 Å². The number of rotatable bonds is 4. The Morgan fingerprint density at radius 1 is 1.32 bits per heavy atom. The zero-order valence-electron chi connectivity index (χ0n) is 11.9. The van der Waals surface area contributed by atoms with Gasteiger partial charge in [-0.2, -0.15) is 0 Å². The fraction of sp³-hybridized carbons (Fsp3) is 0.533. The summed E-state index contributed by atoms with van der Waals surface area (Å²) >= 11 is 0. The van der Waals surface area contributed by atoms with Crippen molar-refractivity contribution in [2.75, 3.05) is 46.3 Å². The van der Waals surface area contributed by atoms with E-state index in [0.29, 0.717) is 0 Å². The van der Waals surface area contributed by atoms with E-state index in [0.717, 1.165) is 50.4 Å². The van der Waals surface area contributed by atoms with E-state index in [4.69, 9.17) is 0 Å². The summed E-state index contributed by atoms with van der Waals surface area (Å²) < 4.78 is 0. The first-order chi connectivity index (χ1) is 9.18. The molecule has 1 aliphatic rings. The van der Waals surface area contributed by atoms with Crippen LogP contribution in [0.3, 0.4) is 0 Å². The average Bonchev–Trinajstić information content (AvgIpc) is 2.45. The van der Waals surface area contributed by atoms with Gasteiger partial charge in [-0.3, -0.25) is 9.69 Å². The molecule has 1 aromatic carbocycles. The summed E-state index contributed by atoms with van der Waals surface area (Å²) in [6, 6.07) is 7.77. The van der Waals surface area contributed by atoms with Gasteiger partial charge in [-0.1, -0.05) is 18.2 Å². The van der Waals surface area contributed by atoms with Crippen molar-refractivity contribution >= 4 is 5.91 Å². The van der Waals surface area contributed by atoms with Crippen LogP contribution < -0.4 is 5.32 Å². The van der Waals surface area contributed by atoms with Gasteiger partial charge in [0.1, 0.15) is 0 Å². The fourth-order valence-corrected chi connectivity index (χ4v) is 2.35.